The van der Waals surface area contributed by atoms with Crippen LogP contribution in [0.5, 0.6) is 0 Å². The molecule has 216 valence electrons. The molecule has 4 rings (SSSR count). The molecular weight excluding hydrogens is 593 g/mol. The molecule has 0 aliphatic heterocycles. The number of rotatable bonds is 4. The summed E-state index contributed by atoms with van der Waals surface area (Å²) in [5.41, 5.74) is 17.1. The van der Waals surface area contributed by atoms with E-state index in [-0.39, 0.29) is 17.2 Å². The van der Waals surface area contributed by atoms with Crippen molar-refractivity contribution in [3.05, 3.63) is 117 Å². The summed E-state index contributed by atoms with van der Waals surface area (Å²) < 4.78 is 82.2. The fourth-order valence-electron chi connectivity index (χ4n) is 4.06. The van der Waals surface area contributed by atoms with Gasteiger partial charge in [0.05, 0.1) is 21.4 Å². The van der Waals surface area contributed by atoms with Gasteiger partial charge in [0.15, 0.2) is 5.78 Å². The Morgan fingerprint density at radius 1 is 0.561 bits per heavy atom. The van der Waals surface area contributed by atoms with E-state index in [1.165, 1.54) is 24.3 Å². The van der Waals surface area contributed by atoms with Crippen LogP contribution in [0.15, 0.2) is 84.9 Å². The summed E-state index contributed by atoms with van der Waals surface area (Å²) in [6.07, 6.45) is -11.3. The van der Waals surface area contributed by atoms with Crippen LogP contribution in [-0.4, -0.2) is 18.1 Å². The highest BCUT2D eigenvalue weighted by molar-refractivity contribution is 6.33. The van der Waals surface area contributed by atoms with Crippen LogP contribution in [0.2, 0.25) is 10.0 Å². The van der Waals surface area contributed by atoms with Crippen LogP contribution in [0.4, 0.5) is 49.1 Å². The minimum absolute atomic E-state index is 0.179. The van der Waals surface area contributed by atoms with Gasteiger partial charge in [-0.25, -0.2) is 0 Å². The maximum absolute atomic E-state index is 13.7. The predicted octanol–water partition coefficient (Wildman–Crippen LogP) is 7.65. The van der Waals surface area contributed by atoms with Gasteiger partial charge in [0.1, 0.15) is 0 Å². The normalized spacial score (nSPS) is 11.9. The average molecular weight is 615 g/mol. The summed E-state index contributed by atoms with van der Waals surface area (Å²) in [6, 6.07) is 16.8. The number of ketones is 1. The Morgan fingerprint density at radius 2 is 0.927 bits per heavy atom. The molecule has 0 radical (unpaired) electrons. The first-order chi connectivity index (χ1) is 19.0. The number of nitrogens with two attached hydrogens (primary N) is 4. The lowest BCUT2D eigenvalue weighted by Gasteiger charge is -2.38. The van der Waals surface area contributed by atoms with E-state index in [1.54, 1.807) is 24.3 Å². The molecule has 0 atom stereocenters. The molecule has 0 saturated carbocycles. The van der Waals surface area contributed by atoms with Crippen molar-refractivity contribution in [2.24, 2.45) is 0 Å². The first-order valence-electron chi connectivity index (χ1n) is 11.5. The number of hydrogen-bond donors (Lipinski definition) is 4. The molecule has 0 aliphatic rings. The van der Waals surface area contributed by atoms with E-state index in [2.05, 4.69) is 0 Å². The van der Waals surface area contributed by atoms with Gasteiger partial charge in [0, 0.05) is 22.5 Å². The molecule has 5 nitrogen and oxygen atoms in total. The average Bonchev–Trinajstić information content (AvgIpc) is 2.86. The number of carbonyl (C=O) groups excluding carboxylic acids is 1. The Hall–Kier alpha value is -4.09. The van der Waals surface area contributed by atoms with Crippen LogP contribution < -0.4 is 22.9 Å². The zero-order valence-electron chi connectivity index (χ0n) is 20.8. The molecule has 0 aliphatic carbocycles. The predicted molar refractivity (Wildman–Crippen MR) is 150 cm³/mol. The van der Waals surface area contributed by atoms with Gasteiger partial charge < -0.3 is 22.9 Å². The third kappa shape index (κ3) is 6.47. The second-order valence-corrected chi connectivity index (χ2v) is 9.61. The van der Waals surface area contributed by atoms with E-state index >= 15 is 0 Å². The largest absolute Gasteiger partial charge is 0.411 e. The first-order valence-corrected chi connectivity index (χ1v) is 12.2. The molecule has 0 amide bonds. The number of anilines is 4. The summed E-state index contributed by atoms with van der Waals surface area (Å²) in [7, 11) is 0. The SMILES string of the molecule is Nc1cc(C(=O)c2ccc(Cl)c(N)c2)ccc1Cl.Nc1cccc(C(c2cccc(N)c2)(C(F)(F)F)C(F)(F)F)c1. The van der Waals surface area contributed by atoms with Crippen molar-refractivity contribution in [1.82, 2.24) is 0 Å². The van der Waals surface area contributed by atoms with E-state index in [4.69, 9.17) is 46.1 Å². The number of halogens is 8. The van der Waals surface area contributed by atoms with Crippen LogP contribution in [0.1, 0.15) is 27.0 Å². The van der Waals surface area contributed by atoms with Crippen LogP contribution in [0, 0.1) is 0 Å². The van der Waals surface area contributed by atoms with Crippen LogP contribution >= 0.6 is 23.2 Å². The maximum atomic E-state index is 13.7. The summed E-state index contributed by atoms with van der Waals surface area (Å²) >= 11 is 11.6. The van der Waals surface area contributed by atoms with E-state index in [1.807, 2.05) is 0 Å². The topological polar surface area (TPSA) is 121 Å². The van der Waals surface area contributed by atoms with E-state index < -0.39 is 28.9 Å². The van der Waals surface area contributed by atoms with Crippen molar-refractivity contribution >= 4 is 51.7 Å². The lowest BCUT2D eigenvalue weighted by atomic mass is 9.72. The van der Waals surface area contributed by atoms with E-state index in [0.717, 1.165) is 24.3 Å². The molecule has 0 fully saturated rings. The number of alkyl halides is 6. The maximum Gasteiger partial charge on any atom is 0.411 e. The zero-order chi connectivity index (χ0) is 30.8. The Balaban J connectivity index is 0.000000232. The standard InChI is InChI=1S/C15H12F6N2.C13H10Cl2N2O/c16-14(17,18)13(15(19,20)21,9-3-1-5-11(22)7-9)10-4-2-6-12(23)8-10;14-9-3-1-7(5-11(9)16)13(18)8-2-4-10(15)12(17)6-8/h1-8H,22-23H2;1-6H,16-17H2. The number of hydrogen-bond acceptors (Lipinski definition) is 5. The highest BCUT2D eigenvalue weighted by Gasteiger charge is 2.72. The lowest BCUT2D eigenvalue weighted by molar-refractivity contribution is -0.288. The molecular formula is C28H22Cl2F6N4O. The molecule has 0 heterocycles. The smallest absolute Gasteiger partial charge is 0.399 e. The third-order valence-corrected chi connectivity index (χ3v) is 6.69. The fourth-order valence-corrected chi connectivity index (χ4v) is 4.30. The van der Waals surface area contributed by atoms with Crippen LogP contribution in [-0.2, 0) is 5.41 Å². The quantitative estimate of drug-likeness (QED) is 0.107. The molecule has 0 aromatic heterocycles. The highest BCUT2D eigenvalue weighted by atomic mass is 35.5. The number of nitrogen functional groups attached to an aromatic ring is 4. The molecule has 4 aromatic rings. The minimum Gasteiger partial charge on any atom is -0.399 e. The molecule has 8 N–H and O–H groups in total. The zero-order valence-corrected chi connectivity index (χ0v) is 22.3. The Bertz CT molecular complexity index is 1460. The van der Waals surface area contributed by atoms with Crippen LogP contribution in [0.25, 0.3) is 0 Å². The summed E-state index contributed by atoms with van der Waals surface area (Å²) in [5.74, 6) is -0.179. The molecule has 0 unspecified atom stereocenters. The van der Waals surface area contributed by atoms with Gasteiger partial charge in [-0.2, -0.15) is 26.3 Å². The molecule has 0 bridgehead atoms. The number of benzene rings is 4. The highest BCUT2D eigenvalue weighted by Crippen LogP contribution is 2.56. The van der Waals surface area contributed by atoms with Gasteiger partial charge in [0.25, 0.3) is 0 Å². The Morgan fingerprint density at radius 3 is 1.22 bits per heavy atom. The van der Waals surface area contributed by atoms with Crippen LogP contribution in [0.3, 0.4) is 0 Å². The molecule has 0 spiro atoms. The van der Waals surface area contributed by atoms with Crippen molar-refractivity contribution in [3.8, 4) is 0 Å². The number of carbonyl (C=O) groups is 1. The van der Waals surface area contributed by atoms with Gasteiger partial charge in [-0.1, -0.05) is 47.5 Å². The monoisotopic (exact) mass is 614 g/mol. The second kappa shape index (κ2) is 11.8. The van der Waals surface area contributed by atoms with E-state index in [0.29, 0.717) is 44.7 Å². The second-order valence-electron chi connectivity index (χ2n) is 8.80. The van der Waals surface area contributed by atoms with Gasteiger partial charge in [-0.3, -0.25) is 4.79 Å². The van der Waals surface area contributed by atoms with Gasteiger partial charge in [-0.15, -0.1) is 0 Å². The van der Waals surface area contributed by atoms with Crippen molar-refractivity contribution < 1.29 is 31.1 Å². The third-order valence-electron chi connectivity index (χ3n) is 6.01. The summed E-state index contributed by atoms with van der Waals surface area (Å²) in [4.78, 5) is 12.2. The lowest BCUT2D eigenvalue weighted by Crippen LogP contribution is -2.54. The van der Waals surface area contributed by atoms with Crippen molar-refractivity contribution in [2.45, 2.75) is 17.8 Å². The van der Waals surface area contributed by atoms with Gasteiger partial charge in [-0.05, 0) is 71.8 Å². The minimum atomic E-state index is -5.65. The Kier molecular flexibility index (Phi) is 9.04. The fraction of sp³-hybridized carbons (Fsp3) is 0.107. The summed E-state index contributed by atoms with van der Waals surface area (Å²) in [5, 5.41) is 0.837. The van der Waals surface area contributed by atoms with Gasteiger partial charge >= 0.3 is 12.4 Å². The molecule has 41 heavy (non-hydrogen) atoms. The van der Waals surface area contributed by atoms with E-state index in [9.17, 15) is 31.1 Å². The molecule has 13 heteroatoms. The summed E-state index contributed by atoms with van der Waals surface area (Å²) in [6.45, 7) is 0. The first kappa shape index (κ1) is 31.4. The molecule has 0 saturated heterocycles. The van der Waals surface area contributed by atoms with Gasteiger partial charge in [0.2, 0.25) is 5.41 Å². The molecule has 4 aromatic carbocycles. The Labute approximate surface area is 240 Å². The van der Waals surface area contributed by atoms with Crippen molar-refractivity contribution in [3.63, 3.8) is 0 Å². The van der Waals surface area contributed by atoms with Crippen molar-refractivity contribution in [2.75, 3.05) is 22.9 Å². The van der Waals surface area contributed by atoms with Crippen molar-refractivity contribution in [1.29, 1.82) is 0 Å².